The van der Waals surface area contributed by atoms with E-state index in [4.69, 9.17) is 15.2 Å². The van der Waals surface area contributed by atoms with Crippen molar-refractivity contribution >= 4 is 11.8 Å². The van der Waals surface area contributed by atoms with Crippen LogP contribution in [0, 0.1) is 11.3 Å². The molecule has 1 unspecified atom stereocenters. The second kappa shape index (κ2) is 7.43. The van der Waals surface area contributed by atoms with E-state index in [2.05, 4.69) is 6.07 Å². The van der Waals surface area contributed by atoms with Gasteiger partial charge in [0, 0.05) is 6.54 Å². The summed E-state index contributed by atoms with van der Waals surface area (Å²) in [6.45, 7) is 6.53. The van der Waals surface area contributed by atoms with Crippen LogP contribution in [0.2, 0.25) is 0 Å². The molecule has 0 bridgehead atoms. The fraction of sp³-hybridized carbons (Fsp3) is 0.556. The van der Waals surface area contributed by atoms with E-state index in [1.807, 2.05) is 20.8 Å². The first-order valence-corrected chi connectivity index (χ1v) is 8.23. The largest absolute Gasteiger partial charge is 0.490 e. The lowest BCUT2D eigenvalue weighted by Gasteiger charge is -2.36. The molecule has 0 radical (unpaired) electrons. The minimum absolute atomic E-state index is 0.0680. The van der Waals surface area contributed by atoms with Crippen LogP contribution in [-0.4, -0.2) is 35.8 Å². The topological polar surface area (TPSA) is 88.6 Å². The predicted molar refractivity (Wildman–Crippen MR) is 91.6 cm³/mol. The van der Waals surface area contributed by atoms with E-state index in [1.54, 1.807) is 23.1 Å². The van der Waals surface area contributed by atoms with Gasteiger partial charge in [-0.3, -0.25) is 0 Å². The van der Waals surface area contributed by atoms with E-state index in [0.29, 0.717) is 30.2 Å². The molecule has 1 aliphatic rings. The molecule has 0 aliphatic carbocycles. The van der Waals surface area contributed by atoms with Gasteiger partial charge in [-0.25, -0.2) is 4.79 Å². The number of ether oxygens (including phenoxy) is 2. The Morgan fingerprint density at radius 2 is 2.17 bits per heavy atom. The van der Waals surface area contributed by atoms with Crippen molar-refractivity contribution in [1.29, 1.82) is 5.26 Å². The maximum absolute atomic E-state index is 12.4. The number of carbonyl (C=O) groups excluding carboxylic acids is 1. The molecule has 1 aromatic rings. The summed E-state index contributed by atoms with van der Waals surface area (Å²) in [5.74, 6) is 0.451. The SMILES string of the molecule is CC(C)(C)OC(=O)N1CCCCC1COc1cccc(N)c1C#N. The third kappa shape index (κ3) is 4.54. The van der Waals surface area contributed by atoms with E-state index in [9.17, 15) is 10.1 Å². The summed E-state index contributed by atoms with van der Waals surface area (Å²) < 4.78 is 11.3. The van der Waals surface area contributed by atoms with Crippen LogP contribution in [0.15, 0.2) is 18.2 Å². The van der Waals surface area contributed by atoms with Crippen LogP contribution in [0.3, 0.4) is 0 Å². The van der Waals surface area contributed by atoms with Crippen molar-refractivity contribution < 1.29 is 14.3 Å². The highest BCUT2D eigenvalue weighted by Crippen LogP contribution is 2.25. The Labute approximate surface area is 143 Å². The van der Waals surface area contributed by atoms with Gasteiger partial charge in [0.2, 0.25) is 0 Å². The van der Waals surface area contributed by atoms with Gasteiger partial charge < -0.3 is 20.1 Å². The second-order valence-corrected chi connectivity index (χ2v) is 6.97. The Morgan fingerprint density at radius 1 is 1.42 bits per heavy atom. The van der Waals surface area contributed by atoms with Crippen LogP contribution in [0.5, 0.6) is 5.75 Å². The lowest BCUT2D eigenvalue weighted by molar-refractivity contribution is 0.00360. The van der Waals surface area contributed by atoms with Crippen LogP contribution in [0.25, 0.3) is 0 Å². The molecule has 0 saturated carbocycles. The molecule has 1 aliphatic heterocycles. The van der Waals surface area contributed by atoms with Gasteiger partial charge in [0.15, 0.2) is 0 Å². The average Bonchev–Trinajstić information content (AvgIpc) is 2.51. The number of anilines is 1. The van der Waals surface area contributed by atoms with Crippen molar-refractivity contribution in [3.05, 3.63) is 23.8 Å². The molecule has 2 N–H and O–H groups in total. The molecule has 1 aromatic carbocycles. The first kappa shape index (κ1) is 17.9. The minimum Gasteiger partial charge on any atom is -0.490 e. The van der Waals surface area contributed by atoms with Crippen LogP contribution in [-0.2, 0) is 4.74 Å². The Kier molecular flexibility index (Phi) is 5.55. The van der Waals surface area contributed by atoms with Crippen LogP contribution < -0.4 is 10.5 Å². The number of nitriles is 1. The molecule has 1 heterocycles. The molecular formula is C18H25N3O3. The summed E-state index contributed by atoms with van der Waals surface area (Å²) in [6, 6.07) is 7.12. The monoisotopic (exact) mass is 331 g/mol. The van der Waals surface area contributed by atoms with Gasteiger partial charge in [0.05, 0.1) is 11.7 Å². The van der Waals surface area contributed by atoms with E-state index >= 15 is 0 Å². The summed E-state index contributed by atoms with van der Waals surface area (Å²) in [7, 11) is 0. The number of hydrogen-bond donors (Lipinski definition) is 1. The second-order valence-electron chi connectivity index (χ2n) is 6.97. The summed E-state index contributed by atoms with van der Waals surface area (Å²) in [5.41, 5.74) is 5.99. The van der Waals surface area contributed by atoms with Crippen LogP contribution in [0.1, 0.15) is 45.6 Å². The summed E-state index contributed by atoms with van der Waals surface area (Å²) >= 11 is 0. The Bertz CT molecular complexity index is 631. The molecule has 0 aromatic heterocycles. The van der Waals surface area contributed by atoms with Crippen molar-refractivity contribution in [2.45, 2.75) is 51.7 Å². The average molecular weight is 331 g/mol. The third-order valence-electron chi connectivity index (χ3n) is 3.86. The van der Waals surface area contributed by atoms with E-state index in [0.717, 1.165) is 19.3 Å². The molecule has 2 rings (SSSR count). The zero-order valence-electron chi connectivity index (χ0n) is 14.5. The van der Waals surface area contributed by atoms with Crippen molar-refractivity contribution in [2.24, 2.45) is 0 Å². The minimum atomic E-state index is -0.526. The zero-order chi connectivity index (χ0) is 17.7. The number of rotatable bonds is 3. The standard InChI is InChI=1S/C18H25N3O3/c1-18(2,3)24-17(22)21-10-5-4-7-13(21)12-23-16-9-6-8-15(20)14(16)11-19/h6,8-9,13H,4-5,7,10,12,20H2,1-3H3. The molecule has 6 nitrogen and oxygen atoms in total. The van der Waals surface area contributed by atoms with Gasteiger partial charge in [-0.15, -0.1) is 0 Å². The molecule has 1 amide bonds. The number of nitrogens with two attached hydrogens (primary N) is 1. The number of hydrogen-bond acceptors (Lipinski definition) is 5. The van der Waals surface area contributed by atoms with Gasteiger partial charge in [-0.2, -0.15) is 5.26 Å². The number of nitrogen functional groups attached to an aromatic ring is 1. The zero-order valence-corrected chi connectivity index (χ0v) is 14.5. The van der Waals surface area contributed by atoms with Crippen molar-refractivity contribution in [3.63, 3.8) is 0 Å². The smallest absolute Gasteiger partial charge is 0.410 e. The Hall–Kier alpha value is -2.42. The molecule has 1 atom stereocenters. The lowest BCUT2D eigenvalue weighted by Crippen LogP contribution is -2.48. The Balaban J connectivity index is 2.06. The molecular weight excluding hydrogens is 306 g/mol. The highest BCUT2D eigenvalue weighted by molar-refractivity contribution is 5.68. The van der Waals surface area contributed by atoms with E-state index < -0.39 is 5.60 Å². The van der Waals surface area contributed by atoms with Crippen LogP contribution >= 0.6 is 0 Å². The highest BCUT2D eigenvalue weighted by atomic mass is 16.6. The summed E-state index contributed by atoms with van der Waals surface area (Å²) in [4.78, 5) is 14.1. The number of benzene rings is 1. The third-order valence-corrected chi connectivity index (χ3v) is 3.86. The quantitative estimate of drug-likeness (QED) is 0.858. The van der Waals surface area contributed by atoms with Gasteiger partial charge in [-0.1, -0.05) is 6.07 Å². The number of likely N-dealkylation sites (tertiary alicyclic amines) is 1. The number of carbonyl (C=O) groups is 1. The number of piperidine rings is 1. The molecule has 24 heavy (non-hydrogen) atoms. The van der Waals surface area contributed by atoms with E-state index in [1.165, 1.54) is 0 Å². The highest BCUT2D eigenvalue weighted by Gasteiger charge is 2.31. The lowest BCUT2D eigenvalue weighted by atomic mass is 10.0. The van der Waals surface area contributed by atoms with Crippen molar-refractivity contribution in [3.8, 4) is 11.8 Å². The van der Waals surface area contributed by atoms with Gasteiger partial charge in [-0.05, 0) is 52.2 Å². The predicted octanol–water partition coefficient (Wildman–Crippen LogP) is 3.31. The maximum Gasteiger partial charge on any atom is 0.410 e. The van der Waals surface area contributed by atoms with E-state index in [-0.39, 0.29) is 12.1 Å². The number of amides is 1. The molecule has 130 valence electrons. The molecule has 1 saturated heterocycles. The summed E-state index contributed by atoms with van der Waals surface area (Å²) in [5, 5.41) is 9.21. The summed E-state index contributed by atoms with van der Waals surface area (Å²) in [6.07, 6.45) is 2.53. The van der Waals surface area contributed by atoms with Gasteiger partial charge >= 0.3 is 6.09 Å². The Morgan fingerprint density at radius 3 is 2.83 bits per heavy atom. The first-order chi connectivity index (χ1) is 11.3. The van der Waals surface area contributed by atoms with Gasteiger partial charge in [0.25, 0.3) is 0 Å². The molecule has 0 spiro atoms. The van der Waals surface area contributed by atoms with Crippen molar-refractivity contribution in [1.82, 2.24) is 4.90 Å². The maximum atomic E-state index is 12.4. The molecule has 6 heteroatoms. The van der Waals surface area contributed by atoms with Crippen molar-refractivity contribution in [2.75, 3.05) is 18.9 Å². The first-order valence-electron chi connectivity index (χ1n) is 8.23. The fourth-order valence-electron chi connectivity index (χ4n) is 2.71. The van der Waals surface area contributed by atoms with Gasteiger partial charge in [0.1, 0.15) is 29.6 Å². The molecule has 1 fully saturated rings. The number of nitrogens with zero attached hydrogens (tertiary/aromatic N) is 2. The fourth-order valence-corrected chi connectivity index (χ4v) is 2.71. The normalized spacial score (nSPS) is 17.9. The van der Waals surface area contributed by atoms with Crippen LogP contribution in [0.4, 0.5) is 10.5 Å².